The molecular weight excluding hydrogens is 997 g/mol. The topological polar surface area (TPSA) is 138 Å². The molecule has 70 heavy (non-hydrogen) atoms. The van der Waals surface area contributed by atoms with E-state index in [0.29, 0.717) is 19.5 Å². The third-order valence-corrected chi connectivity index (χ3v) is 17.9. The molecule has 2 aliphatic heterocycles. The van der Waals surface area contributed by atoms with Gasteiger partial charge in [-0.05, 0) is 109 Å². The number of ether oxygens (including phenoxy) is 1. The van der Waals surface area contributed by atoms with Crippen LogP contribution in [0.4, 0.5) is 11.4 Å². The Bertz CT molecular complexity index is 3630. The van der Waals surface area contributed by atoms with E-state index in [1.807, 2.05) is 22.9 Å². The number of thioether (sulfide) groups is 1. The molecule has 10 rings (SSSR count). The van der Waals surface area contributed by atoms with Crippen molar-refractivity contribution in [3.05, 3.63) is 146 Å². The van der Waals surface area contributed by atoms with Crippen LogP contribution in [-0.4, -0.2) is 57.6 Å². The summed E-state index contributed by atoms with van der Waals surface area (Å²) in [5.41, 5.74) is 9.32. The number of likely N-dealkylation sites (N-methyl/N-ethyl adjacent to an activating group) is 1. The largest absolute Gasteiger partial charge is 0.748 e. The summed E-state index contributed by atoms with van der Waals surface area (Å²) in [4.78, 5) is 5.47. The first-order valence-electron chi connectivity index (χ1n) is 23.1. The SMILES string of the molecule is CCC(/C=C1\Sc2cc(OC)c3ccsc3c2N1CCCS(=O)(=O)[O-])=C\c1sc2ccc3sccc3c2[n+]1CCCS(=O)(=O)[O-].CCN1/C(=C/c2ccc3ccccc3[n+]2CC)C=Cc2ccccc21. The molecule has 0 saturated carbocycles. The summed E-state index contributed by atoms with van der Waals surface area (Å²) in [6, 6.07) is 31.8. The number of allylic oxidation sites excluding steroid dienone is 3. The Morgan fingerprint density at radius 1 is 0.786 bits per heavy atom. The van der Waals surface area contributed by atoms with Crippen LogP contribution in [-0.2, 0) is 33.3 Å². The molecule has 0 unspecified atom stereocenters. The number of aryl methyl sites for hydroxylation is 2. The summed E-state index contributed by atoms with van der Waals surface area (Å²) in [5, 5.41) is 9.23. The Hall–Kier alpha value is -5.37. The van der Waals surface area contributed by atoms with E-state index in [1.165, 1.54) is 33.5 Å². The summed E-state index contributed by atoms with van der Waals surface area (Å²) in [6.45, 7) is 9.10. The molecule has 0 fully saturated rings. The lowest BCUT2D eigenvalue weighted by molar-refractivity contribution is -0.669. The Kier molecular flexibility index (Phi) is 15.0. The highest BCUT2D eigenvalue weighted by Gasteiger charge is 2.30. The van der Waals surface area contributed by atoms with Crippen LogP contribution in [0.25, 0.3) is 59.5 Å². The number of aromatic nitrogens is 2. The van der Waals surface area contributed by atoms with Crippen LogP contribution < -0.4 is 23.7 Å². The van der Waals surface area contributed by atoms with E-state index in [2.05, 4.69) is 149 Å². The first kappa shape index (κ1) is 49.6. The molecule has 0 aliphatic carbocycles. The van der Waals surface area contributed by atoms with Crippen LogP contribution in [0.15, 0.2) is 135 Å². The Labute approximate surface area is 425 Å². The number of methoxy groups -OCH3 is 1. The second kappa shape index (κ2) is 21.2. The van der Waals surface area contributed by atoms with Crippen molar-refractivity contribution < 1.29 is 39.8 Å². The van der Waals surface area contributed by atoms with Crippen LogP contribution in [0.3, 0.4) is 0 Å². The maximum absolute atomic E-state index is 11.4. The summed E-state index contributed by atoms with van der Waals surface area (Å²) in [7, 11) is -7.06. The molecule has 0 spiro atoms. The summed E-state index contributed by atoms with van der Waals surface area (Å²) < 4.78 is 82.0. The van der Waals surface area contributed by atoms with Crippen molar-refractivity contribution in [3.8, 4) is 5.75 Å². The van der Waals surface area contributed by atoms with Gasteiger partial charge in [0.1, 0.15) is 17.0 Å². The van der Waals surface area contributed by atoms with Gasteiger partial charge in [-0.25, -0.2) is 16.8 Å². The molecule has 2 aliphatic rings. The molecule has 0 atom stereocenters. The molecule has 0 bridgehead atoms. The lowest BCUT2D eigenvalue weighted by Gasteiger charge is -2.29. The number of pyridine rings is 1. The summed E-state index contributed by atoms with van der Waals surface area (Å²) >= 11 is 6.41. The van der Waals surface area contributed by atoms with Gasteiger partial charge < -0.3 is 23.6 Å². The smallest absolute Gasteiger partial charge is 0.263 e. The second-order valence-electron chi connectivity index (χ2n) is 16.7. The lowest BCUT2D eigenvalue weighted by atomic mass is 10.0. The Balaban J connectivity index is 0.000000205. The van der Waals surface area contributed by atoms with Gasteiger partial charge in [0.25, 0.3) is 5.01 Å². The molecule has 8 aromatic rings. The number of rotatable bonds is 15. The average Bonchev–Trinajstić information content (AvgIpc) is 4.16. The predicted molar refractivity (Wildman–Crippen MR) is 290 cm³/mol. The Morgan fingerprint density at radius 3 is 2.30 bits per heavy atom. The van der Waals surface area contributed by atoms with E-state index in [4.69, 9.17) is 4.74 Å². The molecule has 362 valence electrons. The number of hydrogen-bond acceptors (Lipinski definition) is 13. The van der Waals surface area contributed by atoms with Crippen molar-refractivity contribution in [2.75, 3.05) is 41.5 Å². The fourth-order valence-electron chi connectivity index (χ4n) is 9.18. The number of fused-ring (bicyclic) bond motifs is 8. The van der Waals surface area contributed by atoms with Gasteiger partial charge in [-0.3, -0.25) is 0 Å². The first-order chi connectivity index (χ1) is 33.8. The van der Waals surface area contributed by atoms with Gasteiger partial charge in [-0.15, -0.1) is 22.7 Å². The third-order valence-electron chi connectivity index (χ3n) is 12.4. The quantitative estimate of drug-likeness (QED) is 0.0720. The molecule has 0 N–H and O–H groups in total. The van der Waals surface area contributed by atoms with E-state index >= 15 is 0 Å². The van der Waals surface area contributed by atoms with Gasteiger partial charge >= 0.3 is 0 Å². The number of benzene rings is 4. The number of thiophene rings is 2. The zero-order valence-corrected chi connectivity index (χ0v) is 44.1. The van der Waals surface area contributed by atoms with Crippen LogP contribution in [0.2, 0.25) is 0 Å². The highest BCUT2D eigenvalue weighted by Crippen LogP contribution is 2.53. The summed E-state index contributed by atoms with van der Waals surface area (Å²) in [6.07, 6.45) is 12.0. The fourth-order valence-corrected chi connectivity index (χ4v) is 14.3. The minimum atomic E-state index is -4.36. The van der Waals surface area contributed by atoms with Crippen molar-refractivity contribution >= 4 is 137 Å². The molecule has 0 amide bonds. The highest BCUT2D eigenvalue weighted by atomic mass is 32.2. The van der Waals surface area contributed by atoms with Crippen molar-refractivity contribution in [2.45, 2.75) is 58.0 Å². The van der Waals surface area contributed by atoms with E-state index < -0.39 is 31.7 Å². The molecule has 0 radical (unpaired) electrons. The zero-order chi connectivity index (χ0) is 49.2. The van der Waals surface area contributed by atoms with Crippen LogP contribution in [0, 0.1) is 0 Å². The number of thiazole rings is 1. The first-order valence-corrected chi connectivity index (χ1v) is 29.7. The van der Waals surface area contributed by atoms with Crippen LogP contribution in [0.5, 0.6) is 5.75 Å². The standard InChI is InChI=1S/C30H30N2O7S6.C23H23N2/c1-3-19(16-26-31(10-4-14-44(33,34)35)28-21-9-12-40-23(21)6-7-24(28)42-26)17-27-32(11-5-15-45(36,37)38)29-25(43-27)18-22(39-2)20-8-13-41-30(20)29;1-3-24-20(15-13-18-9-5-7-11-22(18)24)17-21-16-14-19-10-6-8-12-23(19)25(21)4-2/h6-9,12-13,16-18H,3-5,10-11,14-15H2,1-2H3,(H-,33,34,35,36,37,38);5-17H,3-4H2,1-2H3/q;+1/p-1. The van der Waals surface area contributed by atoms with E-state index in [-0.39, 0.29) is 12.8 Å². The third kappa shape index (κ3) is 10.6. The average molecular weight is 1050 g/mol. The molecule has 0 saturated heterocycles. The van der Waals surface area contributed by atoms with Crippen molar-refractivity contribution in [3.63, 3.8) is 0 Å². The molecule has 11 nitrogen and oxygen atoms in total. The number of hydrogen-bond donors (Lipinski definition) is 0. The van der Waals surface area contributed by atoms with Crippen molar-refractivity contribution in [2.24, 2.45) is 0 Å². The van der Waals surface area contributed by atoms with Crippen LogP contribution in [0.1, 0.15) is 56.3 Å². The van der Waals surface area contributed by atoms with Gasteiger partial charge in [0.05, 0.1) is 48.1 Å². The van der Waals surface area contributed by atoms with Gasteiger partial charge in [-0.1, -0.05) is 66.4 Å². The number of nitrogens with zero attached hydrogens (tertiary/aromatic N) is 4. The van der Waals surface area contributed by atoms with Crippen molar-refractivity contribution in [1.82, 2.24) is 0 Å². The van der Waals surface area contributed by atoms with Gasteiger partial charge in [0, 0.05) is 87.1 Å². The van der Waals surface area contributed by atoms with Gasteiger partial charge in [0.2, 0.25) is 16.7 Å². The maximum Gasteiger partial charge on any atom is 0.263 e. The maximum atomic E-state index is 11.4. The zero-order valence-electron chi connectivity index (χ0n) is 39.2. The predicted octanol–water partition coefficient (Wildman–Crippen LogP) is 11.8. The molecule has 4 aromatic carbocycles. The van der Waals surface area contributed by atoms with E-state index in [1.54, 1.807) is 52.9 Å². The number of para-hydroxylation sites is 2. The van der Waals surface area contributed by atoms with E-state index in [0.717, 1.165) is 75.4 Å². The summed E-state index contributed by atoms with van der Waals surface area (Å²) in [5.74, 6) is -0.123. The van der Waals surface area contributed by atoms with E-state index in [9.17, 15) is 25.9 Å². The second-order valence-corrected chi connectivity index (χ2v) is 23.8. The molecule has 17 heteroatoms. The number of anilines is 2. The molecule has 4 aromatic heterocycles. The highest BCUT2D eigenvalue weighted by molar-refractivity contribution is 8.03. The Morgan fingerprint density at radius 2 is 1.53 bits per heavy atom. The van der Waals surface area contributed by atoms with Crippen molar-refractivity contribution in [1.29, 1.82) is 0 Å². The van der Waals surface area contributed by atoms with Crippen LogP contribution >= 0.6 is 45.8 Å². The van der Waals surface area contributed by atoms with Gasteiger partial charge in [-0.2, -0.15) is 9.13 Å². The molecule has 6 heterocycles. The molecular formula is C53H52N4O7S6. The monoisotopic (exact) mass is 1050 g/mol. The van der Waals surface area contributed by atoms with Gasteiger partial charge in [0.15, 0.2) is 6.54 Å². The normalized spacial score (nSPS) is 15.1. The minimum Gasteiger partial charge on any atom is -0.748 e. The minimum absolute atomic E-state index is 0.183. The lowest BCUT2D eigenvalue weighted by Crippen LogP contribution is -2.37. The fraction of sp³-hybridized carbons (Fsp3) is 0.245.